The van der Waals surface area contributed by atoms with Crippen LogP contribution < -0.4 is 19.7 Å². The fourth-order valence-electron chi connectivity index (χ4n) is 2.38. The van der Waals surface area contributed by atoms with Crippen molar-refractivity contribution in [2.45, 2.75) is 0 Å². The van der Waals surface area contributed by atoms with Crippen LogP contribution in [0.3, 0.4) is 0 Å². The number of rotatable bonds is 5. The Balaban J connectivity index is 1.56. The Bertz CT molecular complexity index is 1070. The monoisotopic (exact) mass is 593 g/mol. The molecule has 0 aromatic heterocycles. The van der Waals surface area contributed by atoms with Crippen molar-refractivity contribution in [3.63, 3.8) is 0 Å². The minimum absolute atomic E-state index is 0.292. The van der Waals surface area contributed by atoms with Crippen molar-refractivity contribution in [2.75, 3.05) is 0 Å². The molecule has 30 heavy (non-hydrogen) atoms. The van der Waals surface area contributed by atoms with Gasteiger partial charge in [0.15, 0.2) is 5.75 Å². The Hall–Kier alpha value is -2.49. The summed E-state index contributed by atoms with van der Waals surface area (Å²) in [5, 5.41) is 5.52. The van der Waals surface area contributed by atoms with Gasteiger partial charge in [-0.15, -0.1) is 0 Å². The molecule has 1 N–H and O–H groups in total. The van der Waals surface area contributed by atoms with Crippen molar-refractivity contribution in [1.82, 2.24) is 10.7 Å². The van der Waals surface area contributed by atoms with E-state index >= 15 is 0 Å². The van der Waals surface area contributed by atoms with Gasteiger partial charge in [-0.3, -0.25) is 0 Å². The van der Waals surface area contributed by atoms with Crippen LogP contribution >= 0.6 is 47.8 Å². The second-order valence-corrected chi connectivity index (χ2v) is 8.74. The Morgan fingerprint density at radius 2 is 1.10 bits per heavy atom. The van der Waals surface area contributed by atoms with Gasteiger partial charge in [0.1, 0.15) is 11.5 Å². The van der Waals surface area contributed by atoms with Gasteiger partial charge in [0, 0.05) is 13.4 Å². The highest BCUT2D eigenvalue weighted by Crippen LogP contribution is 2.22. The van der Waals surface area contributed by atoms with Gasteiger partial charge in [-0.05, 0) is 78.1 Å². The summed E-state index contributed by atoms with van der Waals surface area (Å²) in [6, 6.07) is 22.3. The molecule has 0 atom stereocenters. The quantitative estimate of drug-likeness (QED) is 0.370. The van der Waals surface area contributed by atoms with E-state index in [9.17, 15) is 0 Å². The van der Waals surface area contributed by atoms with Crippen molar-refractivity contribution in [1.29, 1.82) is 0 Å². The molecule has 3 aromatic rings. The first-order valence-electron chi connectivity index (χ1n) is 8.71. The van der Waals surface area contributed by atoms with E-state index in [2.05, 4.69) is 58.3 Å². The molecule has 4 rings (SSSR count). The first-order valence-corrected chi connectivity index (χ1v) is 11.1. The predicted octanol–water partition coefficient (Wildman–Crippen LogP) is 6.40. The van der Waals surface area contributed by atoms with E-state index in [4.69, 9.17) is 14.3 Å². The van der Waals surface area contributed by atoms with E-state index in [0.29, 0.717) is 29.0 Å². The Labute approximate surface area is 198 Å². The minimum atomic E-state index is 0.292. The molecule has 1 heterocycles. The SMILES string of the molecule is Brc1ccc(OC2=CC(Oc3ccc(Br)cc3)=NN(Oc3ccc(Br)cc3)N2)cc1. The van der Waals surface area contributed by atoms with Crippen LogP contribution in [0.5, 0.6) is 17.2 Å². The largest absolute Gasteiger partial charge is 0.439 e. The van der Waals surface area contributed by atoms with Crippen LogP contribution in [0.1, 0.15) is 0 Å². The van der Waals surface area contributed by atoms with E-state index in [1.54, 1.807) is 6.08 Å². The highest BCUT2D eigenvalue weighted by Gasteiger charge is 2.18. The molecule has 0 fully saturated rings. The van der Waals surface area contributed by atoms with Crippen molar-refractivity contribution < 1.29 is 14.3 Å². The number of hydrogen-bond acceptors (Lipinski definition) is 6. The van der Waals surface area contributed by atoms with Gasteiger partial charge in [-0.2, -0.15) is 0 Å². The molecule has 0 aliphatic carbocycles. The minimum Gasteiger partial charge on any atom is -0.439 e. The van der Waals surface area contributed by atoms with E-state index in [1.165, 1.54) is 5.28 Å². The molecule has 0 amide bonds. The summed E-state index contributed by atoms with van der Waals surface area (Å²) in [5.74, 6) is 2.53. The van der Waals surface area contributed by atoms with Gasteiger partial charge in [-0.1, -0.05) is 52.9 Å². The van der Waals surface area contributed by atoms with Crippen molar-refractivity contribution >= 4 is 53.7 Å². The van der Waals surface area contributed by atoms with Crippen LogP contribution in [-0.4, -0.2) is 11.2 Å². The number of hydrogen-bond donors (Lipinski definition) is 1. The number of hydrazine groups is 1. The highest BCUT2D eigenvalue weighted by atomic mass is 79.9. The van der Waals surface area contributed by atoms with E-state index in [0.717, 1.165) is 13.4 Å². The second-order valence-electron chi connectivity index (χ2n) is 5.99. The summed E-state index contributed by atoms with van der Waals surface area (Å²) in [7, 11) is 0. The Morgan fingerprint density at radius 3 is 1.63 bits per heavy atom. The van der Waals surface area contributed by atoms with Crippen LogP contribution in [0.15, 0.2) is 103 Å². The lowest BCUT2D eigenvalue weighted by Gasteiger charge is -2.25. The summed E-state index contributed by atoms with van der Waals surface area (Å²) in [6.45, 7) is 0. The molecular formula is C21H14Br3N3O3. The van der Waals surface area contributed by atoms with Gasteiger partial charge in [0.05, 0.1) is 6.08 Å². The molecule has 0 spiro atoms. The topological polar surface area (TPSA) is 55.3 Å². The maximum Gasteiger partial charge on any atom is 0.247 e. The Kier molecular flexibility index (Phi) is 6.61. The smallest absolute Gasteiger partial charge is 0.247 e. The summed E-state index contributed by atoms with van der Waals surface area (Å²) in [6.07, 6.45) is 1.64. The third kappa shape index (κ3) is 5.78. The number of hydrazone groups is 1. The fraction of sp³-hybridized carbons (Fsp3) is 0. The van der Waals surface area contributed by atoms with Gasteiger partial charge < -0.3 is 14.3 Å². The first kappa shape index (κ1) is 20.8. The zero-order valence-corrected chi connectivity index (χ0v) is 20.0. The molecule has 0 unspecified atom stereocenters. The molecule has 1 aliphatic heterocycles. The lowest BCUT2D eigenvalue weighted by molar-refractivity contribution is -0.107. The summed E-state index contributed by atoms with van der Waals surface area (Å²) in [4.78, 5) is 5.78. The van der Waals surface area contributed by atoms with E-state index < -0.39 is 0 Å². The average Bonchev–Trinajstić information content (AvgIpc) is 2.73. The van der Waals surface area contributed by atoms with Gasteiger partial charge in [0.2, 0.25) is 11.8 Å². The van der Waals surface area contributed by atoms with Crippen molar-refractivity contribution in [2.24, 2.45) is 5.10 Å². The molecule has 0 saturated heterocycles. The molecule has 6 nitrogen and oxygen atoms in total. The lowest BCUT2D eigenvalue weighted by atomic mass is 10.3. The fourth-order valence-corrected chi connectivity index (χ4v) is 3.17. The standard InChI is InChI=1S/C21H14Br3N3O3/c22-14-1-7-17(8-2-14)28-20-13-21(29-18-9-3-15(23)4-10-18)26-27(25-20)30-19-11-5-16(24)6-12-19/h1-13,25H. The van der Waals surface area contributed by atoms with Gasteiger partial charge in [-0.25, -0.2) is 5.43 Å². The third-order valence-corrected chi connectivity index (χ3v) is 5.32. The first-order chi connectivity index (χ1) is 14.5. The maximum atomic E-state index is 5.92. The average molecular weight is 596 g/mol. The normalized spacial score (nSPS) is 13.1. The van der Waals surface area contributed by atoms with Crippen LogP contribution in [0.2, 0.25) is 0 Å². The second kappa shape index (κ2) is 9.55. The lowest BCUT2D eigenvalue weighted by Crippen LogP contribution is -2.42. The molecule has 0 bridgehead atoms. The zero-order chi connectivity index (χ0) is 20.9. The molecule has 9 heteroatoms. The van der Waals surface area contributed by atoms with Gasteiger partial charge in [0.25, 0.3) is 0 Å². The van der Waals surface area contributed by atoms with Crippen molar-refractivity contribution in [3.05, 3.63) is 98.2 Å². The number of nitrogens with one attached hydrogen (secondary N) is 1. The molecule has 3 aromatic carbocycles. The maximum absolute atomic E-state index is 5.92. The van der Waals surface area contributed by atoms with E-state index in [1.807, 2.05) is 72.8 Å². The van der Waals surface area contributed by atoms with Gasteiger partial charge >= 0.3 is 0 Å². The summed E-state index contributed by atoms with van der Waals surface area (Å²) >= 11 is 10.2. The van der Waals surface area contributed by atoms with Crippen LogP contribution in [0.4, 0.5) is 0 Å². The Morgan fingerprint density at radius 1 is 0.633 bits per heavy atom. The zero-order valence-electron chi connectivity index (χ0n) is 15.3. The number of ether oxygens (including phenoxy) is 2. The molecule has 0 radical (unpaired) electrons. The van der Waals surface area contributed by atoms with E-state index in [-0.39, 0.29) is 0 Å². The predicted molar refractivity (Wildman–Crippen MR) is 125 cm³/mol. The number of halogens is 3. The van der Waals surface area contributed by atoms with Crippen LogP contribution in [-0.2, 0) is 0 Å². The number of nitrogens with zero attached hydrogens (tertiary/aromatic N) is 2. The summed E-state index contributed by atoms with van der Waals surface area (Å²) in [5.41, 5.74) is 2.96. The summed E-state index contributed by atoms with van der Waals surface area (Å²) < 4.78 is 14.7. The van der Waals surface area contributed by atoms with Crippen LogP contribution in [0, 0.1) is 0 Å². The highest BCUT2D eigenvalue weighted by molar-refractivity contribution is 9.11. The number of benzene rings is 3. The molecule has 1 aliphatic rings. The van der Waals surface area contributed by atoms with Crippen molar-refractivity contribution in [3.8, 4) is 17.2 Å². The molecule has 152 valence electrons. The molecular weight excluding hydrogens is 582 g/mol. The molecule has 0 saturated carbocycles. The van der Waals surface area contributed by atoms with Crippen LogP contribution in [0.25, 0.3) is 0 Å². The third-order valence-electron chi connectivity index (χ3n) is 3.73.